The van der Waals surface area contributed by atoms with E-state index in [9.17, 15) is 22.0 Å². The van der Waals surface area contributed by atoms with Crippen molar-refractivity contribution in [3.05, 3.63) is 64.7 Å². The molecule has 2 aliphatic carbocycles. The van der Waals surface area contributed by atoms with Crippen LogP contribution in [0.4, 0.5) is 26.3 Å². The van der Waals surface area contributed by atoms with Gasteiger partial charge in [0.15, 0.2) is 23.7 Å². The van der Waals surface area contributed by atoms with Gasteiger partial charge in [0.25, 0.3) is 0 Å². The van der Waals surface area contributed by atoms with E-state index in [0.29, 0.717) is 67.1 Å². The Bertz CT molecular complexity index is 1140. The third kappa shape index (κ3) is 7.04. The van der Waals surface area contributed by atoms with Crippen molar-refractivity contribution in [3.63, 3.8) is 0 Å². The Labute approximate surface area is 237 Å². The minimum absolute atomic E-state index is 0.119. The van der Waals surface area contributed by atoms with Gasteiger partial charge in [0, 0.05) is 23.6 Å². The smallest absolute Gasteiger partial charge is 0.400 e. The fraction of sp³-hybridized carbons (Fsp3) is 0.625. The van der Waals surface area contributed by atoms with Crippen LogP contribution in [0.2, 0.25) is 0 Å². The van der Waals surface area contributed by atoms with E-state index in [0.717, 1.165) is 38.5 Å². The summed E-state index contributed by atoms with van der Waals surface area (Å²) in [6.07, 6.45) is 3.15. The summed E-state index contributed by atoms with van der Waals surface area (Å²) >= 11 is 0. The van der Waals surface area contributed by atoms with Gasteiger partial charge in [-0.15, -0.1) is 0 Å². The van der Waals surface area contributed by atoms with Crippen molar-refractivity contribution >= 4 is 0 Å². The molecule has 2 saturated carbocycles. The molecule has 1 aliphatic heterocycles. The fourth-order valence-corrected chi connectivity index (χ4v) is 6.99. The third-order valence-electron chi connectivity index (χ3n) is 9.30. The molecule has 1 saturated heterocycles. The summed E-state index contributed by atoms with van der Waals surface area (Å²) in [5, 5.41) is 0. The molecular formula is C32H38F6O3. The van der Waals surface area contributed by atoms with Crippen molar-refractivity contribution in [1.29, 1.82) is 0 Å². The second-order valence-electron chi connectivity index (χ2n) is 12.0. The average Bonchev–Trinajstić information content (AvgIpc) is 2.96. The van der Waals surface area contributed by atoms with Crippen molar-refractivity contribution in [2.45, 2.75) is 89.4 Å². The van der Waals surface area contributed by atoms with Gasteiger partial charge in [-0.1, -0.05) is 25.5 Å². The maximum Gasteiger partial charge on any atom is 0.400 e. The standard InChI is InChI=1S/C32H38F6O3/c1-2-3-19-17-39-31(40-18-19)23-10-13-26(27(33)14-23)22-6-4-20(5-7-22)21-8-11-24(12-9-21)32(37,38)41-25-15-28(34)30(36)29(35)16-25/h10,13-16,19-22,24,31H,2-9,11-12,17-18H2,1H3. The van der Waals surface area contributed by atoms with Gasteiger partial charge in [-0.3, -0.25) is 0 Å². The summed E-state index contributed by atoms with van der Waals surface area (Å²) in [5.41, 5.74) is 1.41. The number of benzene rings is 2. The Hall–Kier alpha value is -2.26. The molecule has 0 amide bonds. The number of rotatable bonds is 8. The van der Waals surface area contributed by atoms with Gasteiger partial charge in [0.1, 0.15) is 11.6 Å². The highest BCUT2D eigenvalue weighted by Crippen LogP contribution is 2.47. The van der Waals surface area contributed by atoms with Crippen LogP contribution in [0, 0.1) is 46.9 Å². The van der Waals surface area contributed by atoms with Crippen molar-refractivity contribution in [3.8, 4) is 5.75 Å². The van der Waals surface area contributed by atoms with E-state index in [1.165, 1.54) is 6.07 Å². The quantitative estimate of drug-likeness (QED) is 0.229. The predicted octanol–water partition coefficient (Wildman–Crippen LogP) is 9.46. The van der Waals surface area contributed by atoms with E-state index in [2.05, 4.69) is 11.7 Å². The molecule has 5 rings (SSSR count). The summed E-state index contributed by atoms with van der Waals surface area (Å²) in [7, 11) is 0. The summed E-state index contributed by atoms with van der Waals surface area (Å²) < 4.78 is 101. The molecule has 0 spiro atoms. The maximum absolute atomic E-state index is 15.2. The molecular weight excluding hydrogens is 546 g/mol. The molecule has 226 valence electrons. The molecule has 0 unspecified atom stereocenters. The zero-order chi connectivity index (χ0) is 29.1. The molecule has 3 fully saturated rings. The largest absolute Gasteiger partial charge is 0.432 e. The second-order valence-corrected chi connectivity index (χ2v) is 12.0. The minimum Gasteiger partial charge on any atom is -0.432 e. The van der Waals surface area contributed by atoms with Crippen molar-refractivity contribution in [2.24, 2.45) is 23.7 Å². The SMILES string of the molecule is CCCC1COC(c2ccc(C3CCC(C4CCC(C(F)(F)Oc5cc(F)c(F)c(F)c5)CC4)CC3)c(F)c2)OC1. The van der Waals surface area contributed by atoms with E-state index < -0.39 is 41.5 Å². The first kappa shape index (κ1) is 30.2. The van der Waals surface area contributed by atoms with Crippen LogP contribution in [0.15, 0.2) is 30.3 Å². The van der Waals surface area contributed by atoms with Crippen LogP contribution in [0.5, 0.6) is 5.75 Å². The molecule has 0 N–H and O–H groups in total. The number of hydrogen-bond acceptors (Lipinski definition) is 3. The van der Waals surface area contributed by atoms with Crippen LogP contribution in [0.3, 0.4) is 0 Å². The van der Waals surface area contributed by atoms with Gasteiger partial charge < -0.3 is 14.2 Å². The highest BCUT2D eigenvalue weighted by molar-refractivity contribution is 5.29. The average molecular weight is 585 g/mol. The molecule has 9 heteroatoms. The Kier molecular flexibility index (Phi) is 9.53. The molecule has 3 nitrogen and oxygen atoms in total. The molecule has 2 aromatic carbocycles. The number of alkyl halides is 2. The lowest BCUT2D eigenvalue weighted by Gasteiger charge is -2.39. The lowest BCUT2D eigenvalue weighted by Crippen LogP contribution is -2.38. The van der Waals surface area contributed by atoms with E-state index in [4.69, 9.17) is 9.47 Å². The Morgan fingerprint density at radius 3 is 1.93 bits per heavy atom. The first-order chi connectivity index (χ1) is 19.6. The van der Waals surface area contributed by atoms with Crippen LogP contribution < -0.4 is 4.74 Å². The second kappa shape index (κ2) is 12.9. The summed E-state index contributed by atoms with van der Waals surface area (Å²) in [6.45, 7) is 3.36. The molecule has 0 bridgehead atoms. The van der Waals surface area contributed by atoms with Crippen molar-refractivity contribution in [1.82, 2.24) is 0 Å². The molecule has 3 aliphatic rings. The number of ether oxygens (including phenoxy) is 3. The van der Waals surface area contributed by atoms with E-state index >= 15 is 4.39 Å². The predicted molar refractivity (Wildman–Crippen MR) is 141 cm³/mol. The van der Waals surface area contributed by atoms with Gasteiger partial charge in [-0.2, -0.15) is 8.78 Å². The van der Waals surface area contributed by atoms with Crippen LogP contribution in [0.1, 0.15) is 94.5 Å². The minimum atomic E-state index is -3.62. The first-order valence-corrected chi connectivity index (χ1v) is 14.9. The fourth-order valence-electron chi connectivity index (χ4n) is 6.99. The lowest BCUT2D eigenvalue weighted by molar-refractivity contribution is -0.224. The van der Waals surface area contributed by atoms with Crippen LogP contribution in [-0.4, -0.2) is 19.3 Å². The van der Waals surface area contributed by atoms with Crippen LogP contribution in [0.25, 0.3) is 0 Å². The van der Waals surface area contributed by atoms with E-state index in [1.54, 1.807) is 0 Å². The zero-order valence-electron chi connectivity index (χ0n) is 23.3. The number of hydrogen-bond donors (Lipinski definition) is 0. The topological polar surface area (TPSA) is 27.7 Å². The van der Waals surface area contributed by atoms with Crippen LogP contribution >= 0.6 is 0 Å². The lowest BCUT2D eigenvalue weighted by atomic mass is 9.68. The van der Waals surface area contributed by atoms with Gasteiger partial charge in [0.2, 0.25) is 0 Å². The number of halogens is 6. The van der Waals surface area contributed by atoms with Crippen molar-refractivity contribution in [2.75, 3.05) is 13.2 Å². The van der Waals surface area contributed by atoms with Gasteiger partial charge in [-0.05, 0) is 87.2 Å². The summed E-state index contributed by atoms with van der Waals surface area (Å²) in [6, 6.07) is 6.16. The molecule has 0 aromatic heterocycles. The normalized spacial score (nSPS) is 29.3. The highest BCUT2D eigenvalue weighted by Gasteiger charge is 2.45. The van der Waals surface area contributed by atoms with Crippen LogP contribution in [-0.2, 0) is 9.47 Å². The monoisotopic (exact) mass is 584 g/mol. The molecule has 1 heterocycles. The van der Waals surface area contributed by atoms with Crippen molar-refractivity contribution < 1.29 is 40.6 Å². The third-order valence-corrected chi connectivity index (χ3v) is 9.30. The maximum atomic E-state index is 15.2. The van der Waals surface area contributed by atoms with E-state index in [1.807, 2.05) is 12.1 Å². The summed E-state index contributed by atoms with van der Waals surface area (Å²) in [5.74, 6) is -5.73. The van der Waals surface area contributed by atoms with E-state index in [-0.39, 0.29) is 24.6 Å². The van der Waals surface area contributed by atoms with Gasteiger partial charge in [-0.25, -0.2) is 17.6 Å². The Balaban J connectivity index is 1.10. The molecule has 41 heavy (non-hydrogen) atoms. The highest BCUT2D eigenvalue weighted by atomic mass is 19.3. The molecule has 0 atom stereocenters. The zero-order valence-corrected chi connectivity index (χ0v) is 23.3. The van der Waals surface area contributed by atoms with Gasteiger partial charge in [0.05, 0.1) is 19.1 Å². The first-order valence-electron chi connectivity index (χ1n) is 14.9. The molecule has 2 aromatic rings. The Morgan fingerprint density at radius 1 is 0.780 bits per heavy atom. The Morgan fingerprint density at radius 2 is 1.37 bits per heavy atom. The molecule has 0 radical (unpaired) electrons. The van der Waals surface area contributed by atoms with Gasteiger partial charge >= 0.3 is 6.11 Å². The summed E-state index contributed by atoms with van der Waals surface area (Å²) in [4.78, 5) is 0.